The summed E-state index contributed by atoms with van der Waals surface area (Å²) >= 11 is 0. The summed E-state index contributed by atoms with van der Waals surface area (Å²) in [7, 11) is 0. The number of nitrogens with zero attached hydrogens (tertiary/aromatic N) is 9. The minimum atomic E-state index is -0.797. The van der Waals surface area contributed by atoms with Gasteiger partial charge in [0.1, 0.15) is 30.0 Å². The molecule has 3 aromatic heterocycles. The Balaban J connectivity index is 0.691. The third-order valence-corrected chi connectivity index (χ3v) is 12.8. The van der Waals surface area contributed by atoms with Gasteiger partial charge in [-0.1, -0.05) is 24.3 Å². The Morgan fingerprint density at radius 2 is 1.84 bits per heavy atom. The first kappa shape index (κ1) is 41.3. The van der Waals surface area contributed by atoms with Crippen LogP contribution < -0.4 is 20.3 Å². The van der Waals surface area contributed by atoms with E-state index in [-0.39, 0.29) is 43.0 Å². The molecule has 5 aromatic rings. The van der Waals surface area contributed by atoms with E-state index in [0.717, 1.165) is 93.8 Å². The molecule has 4 aliphatic heterocycles. The Bertz CT molecular complexity index is 2340. The van der Waals surface area contributed by atoms with E-state index in [1.165, 1.54) is 4.90 Å². The fourth-order valence-electron chi connectivity index (χ4n) is 9.38. The van der Waals surface area contributed by atoms with Gasteiger partial charge in [0.05, 0.1) is 36.0 Å². The van der Waals surface area contributed by atoms with E-state index in [9.17, 15) is 19.8 Å². The number of aryl methyl sites for hydroxylation is 1. The van der Waals surface area contributed by atoms with Crippen molar-refractivity contribution in [3.05, 3.63) is 90.2 Å². The SMILES string of the molecule is Cc1nccn1-c1ccc([C@H](C)NC(=O)[C@@H]2C[C@@H](O)CN2C(=O)Cc2cc(OCCN3CCC(CN4CCN5c6cc(-c7ccccc7O)nnc6NC[C@H]5C4)CC3)no2)cc1. The van der Waals surface area contributed by atoms with Crippen LogP contribution in [0.25, 0.3) is 16.9 Å². The number of rotatable bonds is 13. The number of piperidine rings is 1. The number of benzene rings is 2. The van der Waals surface area contributed by atoms with Crippen molar-refractivity contribution in [1.82, 2.24) is 44.9 Å². The summed E-state index contributed by atoms with van der Waals surface area (Å²) in [6.07, 6.45) is 5.18. The number of aromatic nitrogens is 5. The third kappa shape index (κ3) is 9.10. The number of aliphatic hydroxyl groups excluding tert-OH is 1. The standard InChI is InChI=1S/C45H55N11O6/c1-29(32-7-9-33(10-8-32)54-16-13-46-30(54)2)48-45(60)40-21-35(57)28-56(40)43(59)23-36-22-42(51-62-36)61-20-19-52-14-11-31(12-15-52)26-53-17-18-55-34(27-53)25-47-44-39(55)24-38(49-50-44)37-5-3-4-6-41(37)58/h3-10,13,16,22,24,29,31,34-35,40,57-58H,11-12,14-15,17-21,23,25-28H2,1-2H3,(H,47,50)(H,48,60)/t29-,34-,35+,40-/m0/s1. The number of piperazine rings is 1. The highest BCUT2D eigenvalue weighted by molar-refractivity contribution is 5.89. The van der Waals surface area contributed by atoms with Gasteiger partial charge < -0.3 is 44.5 Å². The molecule has 17 nitrogen and oxygen atoms in total. The number of carbonyl (C=O) groups is 2. The summed E-state index contributed by atoms with van der Waals surface area (Å²) in [6.45, 7) is 11.9. The zero-order chi connectivity index (χ0) is 42.7. The van der Waals surface area contributed by atoms with Crippen LogP contribution in [0.5, 0.6) is 11.6 Å². The maximum Gasteiger partial charge on any atom is 0.254 e. The lowest BCUT2D eigenvalue weighted by atomic mass is 9.95. The largest absolute Gasteiger partial charge is 0.507 e. The zero-order valence-corrected chi connectivity index (χ0v) is 35.3. The minimum Gasteiger partial charge on any atom is -0.507 e. The van der Waals surface area contributed by atoms with E-state index in [1.54, 1.807) is 24.4 Å². The fraction of sp³-hybridized carbons (Fsp3) is 0.467. The number of likely N-dealkylation sites (tertiary alicyclic amines) is 2. The van der Waals surface area contributed by atoms with Crippen molar-refractivity contribution in [1.29, 1.82) is 0 Å². The van der Waals surface area contributed by atoms with E-state index < -0.39 is 12.1 Å². The number of imidazole rings is 1. The maximum absolute atomic E-state index is 13.4. The molecule has 0 spiro atoms. The molecule has 4 N–H and O–H groups in total. The molecule has 326 valence electrons. The molecule has 0 unspecified atom stereocenters. The Hall–Kier alpha value is -6.04. The lowest BCUT2D eigenvalue weighted by Crippen LogP contribution is -2.58. The Labute approximate surface area is 360 Å². The number of phenols is 1. The summed E-state index contributed by atoms with van der Waals surface area (Å²) < 4.78 is 13.4. The van der Waals surface area contributed by atoms with Gasteiger partial charge in [0.25, 0.3) is 5.88 Å². The molecule has 2 amide bonds. The highest BCUT2D eigenvalue weighted by atomic mass is 16.5. The predicted molar refractivity (Wildman–Crippen MR) is 231 cm³/mol. The molecule has 0 saturated carbocycles. The molecular weight excluding hydrogens is 791 g/mol. The van der Waals surface area contributed by atoms with Gasteiger partial charge in [0.15, 0.2) is 5.82 Å². The van der Waals surface area contributed by atoms with E-state index >= 15 is 0 Å². The lowest BCUT2D eigenvalue weighted by Gasteiger charge is -2.47. The Kier molecular flexibility index (Phi) is 12.1. The number of ether oxygens (including phenoxy) is 1. The van der Waals surface area contributed by atoms with Crippen molar-refractivity contribution < 1.29 is 29.1 Å². The van der Waals surface area contributed by atoms with Crippen LogP contribution >= 0.6 is 0 Å². The molecule has 4 atom stereocenters. The number of amides is 2. The van der Waals surface area contributed by atoms with Gasteiger partial charge in [-0.25, -0.2) is 4.98 Å². The first-order valence-electron chi connectivity index (χ1n) is 21.7. The van der Waals surface area contributed by atoms with Gasteiger partial charge in [-0.15, -0.1) is 10.2 Å². The molecule has 3 fully saturated rings. The average Bonchev–Trinajstić information content (AvgIpc) is 4.04. The van der Waals surface area contributed by atoms with Gasteiger partial charge in [-0.2, -0.15) is 0 Å². The van der Waals surface area contributed by atoms with E-state index in [0.29, 0.717) is 41.5 Å². The summed E-state index contributed by atoms with van der Waals surface area (Å²) in [5.41, 5.74) is 4.29. The van der Waals surface area contributed by atoms with Crippen LogP contribution in [-0.2, 0) is 16.0 Å². The van der Waals surface area contributed by atoms with Crippen LogP contribution in [0.1, 0.15) is 49.4 Å². The third-order valence-electron chi connectivity index (χ3n) is 12.8. The second-order valence-electron chi connectivity index (χ2n) is 17.0. The number of hydrogen-bond acceptors (Lipinski definition) is 14. The lowest BCUT2D eigenvalue weighted by molar-refractivity contribution is -0.138. The number of hydrogen-bond donors (Lipinski definition) is 4. The number of carbonyl (C=O) groups excluding carboxylic acids is 2. The smallest absolute Gasteiger partial charge is 0.254 e. The number of phenolic OH excluding ortho intramolecular Hbond substituents is 1. The van der Waals surface area contributed by atoms with Crippen LogP contribution in [0, 0.1) is 12.8 Å². The first-order chi connectivity index (χ1) is 30.1. The molecule has 62 heavy (non-hydrogen) atoms. The van der Waals surface area contributed by atoms with Crippen LogP contribution in [-0.4, -0.2) is 145 Å². The second-order valence-corrected chi connectivity index (χ2v) is 17.0. The van der Waals surface area contributed by atoms with Crippen LogP contribution in [0.2, 0.25) is 0 Å². The normalized spacial score (nSPS) is 21.2. The summed E-state index contributed by atoms with van der Waals surface area (Å²) in [6, 6.07) is 18.0. The van der Waals surface area contributed by atoms with Gasteiger partial charge in [0.2, 0.25) is 11.8 Å². The topological polar surface area (TPSA) is 190 Å². The number of nitrogens with one attached hydrogen (secondary N) is 2. The first-order valence-corrected chi connectivity index (χ1v) is 21.7. The zero-order valence-electron chi connectivity index (χ0n) is 35.3. The number of aliphatic hydroxyl groups is 1. The van der Waals surface area contributed by atoms with Crippen molar-refractivity contribution in [3.63, 3.8) is 0 Å². The number of anilines is 2. The maximum atomic E-state index is 13.4. The molecular formula is C45H55N11O6. The summed E-state index contributed by atoms with van der Waals surface area (Å²) in [5, 5.41) is 40.3. The quantitative estimate of drug-likeness (QED) is 0.135. The Morgan fingerprint density at radius 1 is 1.02 bits per heavy atom. The van der Waals surface area contributed by atoms with E-state index in [2.05, 4.69) is 45.7 Å². The van der Waals surface area contributed by atoms with E-state index in [4.69, 9.17) is 9.26 Å². The number of aromatic hydroxyl groups is 1. The highest BCUT2D eigenvalue weighted by Crippen LogP contribution is 2.36. The number of fused-ring (bicyclic) bond motifs is 3. The Morgan fingerprint density at radius 3 is 2.63 bits per heavy atom. The number of para-hydroxylation sites is 1. The molecule has 3 saturated heterocycles. The molecule has 2 aromatic carbocycles. The molecule has 0 aliphatic carbocycles. The molecule has 0 bridgehead atoms. The monoisotopic (exact) mass is 845 g/mol. The fourth-order valence-corrected chi connectivity index (χ4v) is 9.38. The minimum absolute atomic E-state index is 0.0711. The van der Waals surface area contributed by atoms with Gasteiger partial charge in [0, 0.05) is 81.9 Å². The van der Waals surface area contributed by atoms with Crippen molar-refractivity contribution in [3.8, 4) is 28.6 Å². The van der Waals surface area contributed by atoms with Gasteiger partial charge in [-0.05, 0) is 86.7 Å². The summed E-state index contributed by atoms with van der Waals surface area (Å²) in [4.78, 5) is 40.1. The second kappa shape index (κ2) is 18.1. The van der Waals surface area contributed by atoms with Crippen LogP contribution in [0.4, 0.5) is 11.5 Å². The molecule has 9 rings (SSSR count). The van der Waals surface area contributed by atoms with Gasteiger partial charge >= 0.3 is 0 Å². The molecule has 4 aliphatic rings. The summed E-state index contributed by atoms with van der Waals surface area (Å²) in [5.74, 6) is 2.54. The average molecular weight is 846 g/mol. The van der Waals surface area contributed by atoms with Crippen molar-refractivity contribution in [2.75, 3.05) is 75.7 Å². The molecule has 7 heterocycles. The molecule has 17 heteroatoms. The van der Waals surface area contributed by atoms with Crippen molar-refractivity contribution in [2.45, 2.75) is 63.8 Å². The van der Waals surface area contributed by atoms with Crippen LogP contribution in [0.3, 0.4) is 0 Å². The van der Waals surface area contributed by atoms with Crippen molar-refractivity contribution in [2.24, 2.45) is 5.92 Å². The van der Waals surface area contributed by atoms with E-state index in [1.807, 2.05) is 67.1 Å². The predicted octanol–water partition coefficient (Wildman–Crippen LogP) is 3.42. The van der Waals surface area contributed by atoms with Gasteiger partial charge in [-0.3, -0.25) is 19.4 Å². The number of β-amino-alcohol motifs (C(OH)–C–C–N with tert-alkyl or cyclic N) is 1. The van der Waals surface area contributed by atoms with Crippen LogP contribution in [0.15, 0.2) is 77.6 Å². The van der Waals surface area contributed by atoms with Crippen molar-refractivity contribution >= 4 is 23.3 Å². The highest BCUT2D eigenvalue weighted by Gasteiger charge is 2.40. The molecule has 0 radical (unpaired) electrons.